The Kier molecular flexibility index (Phi) is 4.84. The number of hydrogen-bond acceptors (Lipinski definition) is 5. The van der Waals surface area contributed by atoms with Crippen LogP contribution in [0, 0.1) is 10.1 Å². The van der Waals surface area contributed by atoms with Crippen molar-refractivity contribution in [3.05, 3.63) is 33.9 Å². The molecule has 0 spiro atoms. The van der Waals surface area contributed by atoms with Gasteiger partial charge in [0.25, 0.3) is 11.6 Å². The van der Waals surface area contributed by atoms with E-state index in [2.05, 4.69) is 10.6 Å². The van der Waals surface area contributed by atoms with Crippen LogP contribution in [0.4, 0.5) is 11.4 Å². The van der Waals surface area contributed by atoms with Crippen LogP contribution < -0.4 is 10.6 Å². The molecule has 20 heavy (non-hydrogen) atoms. The molecular formula is C13H17N3O3S. The number of amides is 1. The first-order valence-electron chi connectivity index (χ1n) is 6.46. The van der Waals surface area contributed by atoms with E-state index >= 15 is 0 Å². The van der Waals surface area contributed by atoms with Gasteiger partial charge in [-0.15, -0.1) is 0 Å². The summed E-state index contributed by atoms with van der Waals surface area (Å²) in [7, 11) is 1.61. The fraction of sp³-hybridized carbons (Fsp3) is 0.462. The summed E-state index contributed by atoms with van der Waals surface area (Å²) in [5, 5.41) is 16.7. The van der Waals surface area contributed by atoms with Gasteiger partial charge in [-0.05, 0) is 30.7 Å². The first-order valence-corrected chi connectivity index (χ1v) is 7.62. The molecule has 1 aliphatic rings. The van der Waals surface area contributed by atoms with Crippen LogP contribution in [0.25, 0.3) is 0 Å². The Labute approximate surface area is 121 Å². The Balaban J connectivity index is 2.13. The maximum Gasteiger partial charge on any atom is 0.293 e. The van der Waals surface area contributed by atoms with E-state index in [0.29, 0.717) is 11.3 Å². The number of nitro benzene ring substituents is 1. The van der Waals surface area contributed by atoms with Crippen LogP contribution in [0.1, 0.15) is 23.2 Å². The minimum absolute atomic E-state index is 0.0850. The predicted octanol–water partition coefficient (Wildman–Crippen LogP) is 2.26. The Hall–Kier alpha value is -1.76. The number of anilines is 1. The third-order valence-corrected chi connectivity index (χ3v) is 4.44. The quantitative estimate of drug-likeness (QED) is 0.657. The molecule has 6 nitrogen and oxygen atoms in total. The first-order chi connectivity index (χ1) is 9.61. The van der Waals surface area contributed by atoms with Gasteiger partial charge in [0.1, 0.15) is 5.69 Å². The normalized spacial score (nSPS) is 18.4. The second-order valence-corrected chi connectivity index (χ2v) is 5.78. The van der Waals surface area contributed by atoms with E-state index in [1.165, 1.54) is 6.07 Å². The summed E-state index contributed by atoms with van der Waals surface area (Å²) in [5.41, 5.74) is 0.643. The maximum absolute atomic E-state index is 12.1. The van der Waals surface area contributed by atoms with E-state index in [1.807, 2.05) is 11.8 Å². The molecule has 2 rings (SSSR count). The predicted molar refractivity (Wildman–Crippen MR) is 80.5 cm³/mol. The summed E-state index contributed by atoms with van der Waals surface area (Å²) in [4.78, 5) is 22.6. The number of nitrogens with zero attached hydrogens (tertiary/aromatic N) is 1. The number of benzene rings is 1. The van der Waals surface area contributed by atoms with Crippen LogP contribution in [-0.2, 0) is 0 Å². The van der Waals surface area contributed by atoms with Crippen LogP contribution in [0.3, 0.4) is 0 Å². The molecule has 1 aromatic carbocycles. The van der Waals surface area contributed by atoms with Gasteiger partial charge in [-0.1, -0.05) is 0 Å². The van der Waals surface area contributed by atoms with Gasteiger partial charge in [0.05, 0.1) is 4.92 Å². The summed E-state index contributed by atoms with van der Waals surface area (Å²) in [6.07, 6.45) is 2.06. The van der Waals surface area contributed by atoms with Gasteiger partial charge in [-0.3, -0.25) is 14.9 Å². The van der Waals surface area contributed by atoms with Crippen molar-refractivity contribution in [1.82, 2.24) is 5.32 Å². The van der Waals surface area contributed by atoms with Crippen molar-refractivity contribution in [2.75, 3.05) is 23.9 Å². The van der Waals surface area contributed by atoms with Gasteiger partial charge in [-0.2, -0.15) is 11.8 Å². The van der Waals surface area contributed by atoms with E-state index in [9.17, 15) is 14.9 Å². The van der Waals surface area contributed by atoms with Crippen molar-refractivity contribution in [3.63, 3.8) is 0 Å². The number of nitro groups is 1. The van der Waals surface area contributed by atoms with E-state index in [1.54, 1.807) is 19.2 Å². The lowest BCUT2D eigenvalue weighted by molar-refractivity contribution is -0.384. The first kappa shape index (κ1) is 14.6. The Morgan fingerprint density at radius 1 is 1.50 bits per heavy atom. The molecule has 1 aliphatic heterocycles. The minimum atomic E-state index is -0.487. The third kappa shape index (κ3) is 3.41. The fourth-order valence-electron chi connectivity index (χ4n) is 2.16. The molecule has 0 radical (unpaired) electrons. The highest BCUT2D eigenvalue weighted by Crippen LogP contribution is 2.25. The Morgan fingerprint density at radius 2 is 2.30 bits per heavy atom. The summed E-state index contributed by atoms with van der Waals surface area (Å²) in [6, 6.07) is 4.63. The number of hydrogen-bond donors (Lipinski definition) is 2. The van der Waals surface area contributed by atoms with Crippen molar-refractivity contribution in [2.45, 2.75) is 18.9 Å². The van der Waals surface area contributed by atoms with E-state index in [4.69, 9.17) is 0 Å². The largest absolute Gasteiger partial charge is 0.383 e. The number of carbonyl (C=O) groups excluding carboxylic acids is 1. The van der Waals surface area contributed by atoms with Crippen molar-refractivity contribution in [3.8, 4) is 0 Å². The van der Waals surface area contributed by atoms with Gasteiger partial charge >= 0.3 is 0 Å². The molecule has 1 fully saturated rings. The number of carbonyl (C=O) groups is 1. The monoisotopic (exact) mass is 295 g/mol. The molecule has 7 heteroatoms. The van der Waals surface area contributed by atoms with Crippen molar-refractivity contribution >= 4 is 29.0 Å². The zero-order chi connectivity index (χ0) is 14.5. The molecule has 1 heterocycles. The van der Waals surface area contributed by atoms with Crippen LogP contribution in [0.2, 0.25) is 0 Å². The van der Waals surface area contributed by atoms with Crippen LogP contribution in [0.15, 0.2) is 18.2 Å². The summed E-state index contributed by atoms with van der Waals surface area (Å²) >= 11 is 1.82. The van der Waals surface area contributed by atoms with E-state index in [0.717, 1.165) is 24.3 Å². The second-order valence-electron chi connectivity index (χ2n) is 4.63. The van der Waals surface area contributed by atoms with Crippen molar-refractivity contribution < 1.29 is 9.72 Å². The van der Waals surface area contributed by atoms with Crippen molar-refractivity contribution in [1.29, 1.82) is 0 Å². The van der Waals surface area contributed by atoms with Gasteiger partial charge in [0.15, 0.2) is 0 Å². The maximum atomic E-state index is 12.1. The zero-order valence-electron chi connectivity index (χ0n) is 11.2. The van der Waals surface area contributed by atoms with Gasteiger partial charge < -0.3 is 10.6 Å². The Morgan fingerprint density at radius 3 is 2.90 bits per heavy atom. The van der Waals surface area contributed by atoms with Crippen molar-refractivity contribution in [2.24, 2.45) is 0 Å². The highest BCUT2D eigenvalue weighted by molar-refractivity contribution is 7.99. The summed E-state index contributed by atoms with van der Waals surface area (Å²) in [6.45, 7) is 0. The van der Waals surface area contributed by atoms with Gasteiger partial charge in [0, 0.05) is 30.5 Å². The molecule has 108 valence electrons. The molecule has 1 saturated heterocycles. The highest BCUT2D eigenvalue weighted by atomic mass is 32.2. The number of rotatable bonds is 4. The minimum Gasteiger partial charge on any atom is -0.383 e. The molecule has 0 aromatic heterocycles. The topological polar surface area (TPSA) is 84.3 Å². The molecule has 1 atom stereocenters. The van der Waals surface area contributed by atoms with Crippen LogP contribution in [-0.4, -0.2) is 35.4 Å². The Bertz CT molecular complexity index is 516. The molecule has 0 bridgehead atoms. The van der Waals surface area contributed by atoms with Gasteiger partial charge in [0.2, 0.25) is 0 Å². The zero-order valence-corrected chi connectivity index (χ0v) is 12.0. The number of nitrogens with one attached hydrogen (secondary N) is 2. The lowest BCUT2D eigenvalue weighted by Gasteiger charge is -2.22. The molecule has 0 aliphatic carbocycles. The summed E-state index contributed by atoms with van der Waals surface area (Å²) < 4.78 is 0. The molecule has 1 aromatic rings. The SMILES string of the molecule is CNc1ccc(C(=O)NC2CCCSC2)cc1[N+](=O)[O-]. The fourth-order valence-corrected chi connectivity index (χ4v) is 3.23. The molecule has 0 saturated carbocycles. The number of thioether (sulfide) groups is 1. The molecule has 2 N–H and O–H groups in total. The third-order valence-electron chi connectivity index (χ3n) is 3.22. The second kappa shape index (κ2) is 6.60. The smallest absolute Gasteiger partial charge is 0.293 e. The lowest BCUT2D eigenvalue weighted by atomic mass is 10.1. The van der Waals surface area contributed by atoms with E-state index < -0.39 is 4.92 Å². The average molecular weight is 295 g/mol. The van der Waals surface area contributed by atoms with Gasteiger partial charge in [-0.25, -0.2) is 0 Å². The van der Waals surface area contributed by atoms with Crippen LogP contribution in [0.5, 0.6) is 0 Å². The molecule has 1 amide bonds. The lowest BCUT2D eigenvalue weighted by Crippen LogP contribution is -2.38. The van der Waals surface area contributed by atoms with E-state index in [-0.39, 0.29) is 17.6 Å². The highest BCUT2D eigenvalue weighted by Gasteiger charge is 2.20. The average Bonchev–Trinajstić information content (AvgIpc) is 2.47. The molecule has 1 unspecified atom stereocenters. The standard InChI is InChI=1S/C13H17N3O3S/c1-14-11-5-4-9(7-12(11)16(18)19)13(17)15-10-3-2-6-20-8-10/h4-5,7,10,14H,2-3,6,8H2,1H3,(H,15,17). The summed E-state index contributed by atoms with van der Waals surface area (Å²) in [5.74, 6) is 1.79. The van der Waals surface area contributed by atoms with Crippen LogP contribution >= 0.6 is 11.8 Å². The molecular weight excluding hydrogens is 278 g/mol.